The lowest BCUT2D eigenvalue weighted by Crippen LogP contribution is -2.34. The van der Waals surface area contributed by atoms with Crippen molar-refractivity contribution in [2.45, 2.75) is 40.5 Å². The summed E-state index contributed by atoms with van der Waals surface area (Å²) >= 11 is 0. The van der Waals surface area contributed by atoms with Crippen LogP contribution >= 0.6 is 0 Å². The molecule has 16 heavy (non-hydrogen) atoms. The van der Waals surface area contributed by atoms with Gasteiger partial charge in [-0.3, -0.25) is 4.79 Å². The van der Waals surface area contributed by atoms with Crippen molar-refractivity contribution in [3.8, 4) is 0 Å². The molecule has 0 aliphatic carbocycles. The minimum absolute atomic E-state index is 0.213. The van der Waals surface area contributed by atoms with E-state index in [1.165, 1.54) is 0 Å². The predicted octanol–water partition coefficient (Wildman–Crippen LogP) is 2.13. The smallest absolute Gasteiger partial charge is 0.222 e. The Morgan fingerprint density at radius 2 is 1.88 bits per heavy atom. The highest BCUT2D eigenvalue weighted by Crippen LogP contribution is 2.24. The first kappa shape index (κ1) is 15.4. The normalized spacial score (nSPS) is 11.9. The molecule has 0 saturated carbocycles. The molecule has 0 unspecified atom stereocenters. The fourth-order valence-electron chi connectivity index (χ4n) is 1.20. The van der Waals surface area contributed by atoms with Crippen LogP contribution in [0, 0.1) is 11.3 Å². The standard InChI is InChI=1S/C13H28N2O/c1-11(2)13(3,4)10-14-9-7-8-12(16)15(5)6/h11,14H,7-10H2,1-6H3. The molecule has 0 spiro atoms. The number of amides is 1. The highest BCUT2D eigenvalue weighted by Gasteiger charge is 2.21. The molecule has 0 bridgehead atoms. The van der Waals surface area contributed by atoms with Gasteiger partial charge in [0.25, 0.3) is 0 Å². The lowest BCUT2D eigenvalue weighted by molar-refractivity contribution is -0.128. The Kier molecular flexibility index (Phi) is 6.65. The number of hydrogen-bond donors (Lipinski definition) is 1. The fraction of sp³-hybridized carbons (Fsp3) is 0.923. The van der Waals surface area contributed by atoms with E-state index < -0.39 is 0 Å². The summed E-state index contributed by atoms with van der Waals surface area (Å²) in [7, 11) is 3.61. The first-order valence-electron chi connectivity index (χ1n) is 6.18. The van der Waals surface area contributed by atoms with Crippen molar-refractivity contribution in [3.05, 3.63) is 0 Å². The van der Waals surface area contributed by atoms with Crippen LogP contribution < -0.4 is 5.32 Å². The molecule has 0 radical (unpaired) electrons. The van der Waals surface area contributed by atoms with Crippen molar-refractivity contribution in [2.75, 3.05) is 27.2 Å². The quantitative estimate of drug-likeness (QED) is 0.677. The van der Waals surface area contributed by atoms with Crippen LogP contribution in [0.5, 0.6) is 0 Å². The number of carbonyl (C=O) groups is 1. The maximum absolute atomic E-state index is 11.3. The Bertz CT molecular complexity index is 210. The molecule has 1 amide bonds. The van der Waals surface area contributed by atoms with Crippen molar-refractivity contribution in [3.63, 3.8) is 0 Å². The largest absolute Gasteiger partial charge is 0.349 e. The van der Waals surface area contributed by atoms with Crippen molar-refractivity contribution in [1.29, 1.82) is 0 Å². The number of nitrogens with zero attached hydrogens (tertiary/aromatic N) is 1. The van der Waals surface area contributed by atoms with Crippen LogP contribution in [0.4, 0.5) is 0 Å². The van der Waals surface area contributed by atoms with Gasteiger partial charge < -0.3 is 10.2 Å². The third-order valence-corrected chi connectivity index (χ3v) is 3.39. The van der Waals surface area contributed by atoms with E-state index in [1.807, 2.05) is 0 Å². The van der Waals surface area contributed by atoms with Crippen LogP contribution in [0.1, 0.15) is 40.5 Å². The van der Waals surface area contributed by atoms with Crippen LogP contribution in [0.3, 0.4) is 0 Å². The first-order chi connectivity index (χ1) is 7.27. The highest BCUT2D eigenvalue weighted by molar-refractivity contribution is 5.75. The molecule has 96 valence electrons. The van der Waals surface area contributed by atoms with E-state index in [4.69, 9.17) is 0 Å². The lowest BCUT2D eigenvalue weighted by atomic mass is 9.81. The van der Waals surface area contributed by atoms with Crippen molar-refractivity contribution < 1.29 is 4.79 Å². The van der Waals surface area contributed by atoms with Crippen molar-refractivity contribution >= 4 is 5.91 Å². The molecule has 1 N–H and O–H groups in total. The molecule has 0 heterocycles. The monoisotopic (exact) mass is 228 g/mol. The summed E-state index contributed by atoms with van der Waals surface area (Å²) in [5.41, 5.74) is 0.325. The predicted molar refractivity (Wildman–Crippen MR) is 69.4 cm³/mol. The summed E-state index contributed by atoms with van der Waals surface area (Å²) in [5, 5.41) is 3.43. The van der Waals surface area contributed by atoms with Crippen LogP contribution in [0.15, 0.2) is 0 Å². The third-order valence-electron chi connectivity index (χ3n) is 3.39. The van der Waals surface area contributed by atoms with Gasteiger partial charge in [0.05, 0.1) is 0 Å². The summed E-state index contributed by atoms with van der Waals surface area (Å²) in [4.78, 5) is 13.0. The van der Waals surface area contributed by atoms with Gasteiger partial charge in [0.15, 0.2) is 0 Å². The highest BCUT2D eigenvalue weighted by atomic mass is 16.2. The molecule has 0 saturated heterocycles. The van der Waals surface area contributed by atoms with Crippen LogP contribution in [0.25, 0.3) is 0 Å². The molecule has 0 atom stereocenters. The van der Waals surface area contributed by atoms with Gasteiger partial charge in [0.2, 0.25) is 5.91 Å². The summed E-state index contributed by atoms with van der Waals surface area (Å²) in [5.74, 6) is 0.883. The maximum atomic E-state index is 11.3. The van der Waals surface area contributed by atoms with E-state index in [1.54, 1.807) is 19.0 Å². The Balaban J connectivity index is 3.58. The molecule has 0 rings (SSSR count). The Morgan fingerprint density at radius 3 is 2.31 bits per heavy atom. The molecule has 0 aromatic rings. The van der Waals surface area contributed by atoms with Crippen molar-refractivity contribution in [1.82, 2.24) is 10.2 Å². The van der Waals surface area contributed by atoms with E-state index in [-0.39, 0.29) is 5.91 Å². The van der Waals surface area contributed by atoms with Gasteiger partial charge >= 0.3 is 0 Å². The average Bonchev–Trinajstić information content (AvgIpc) is 2.16. The van der Waals surface area contributed by atoms with Gasteiger partial charge in [-0.25, -0.2) is 0 Å². The molecule has 0 fully saturated rings. The van der Waals surface area contributed by atoms with Crippen LogP contribution in [0.2, 0.25) is 0 Å². The van der Waals surface area contributed by atoms with Gasteiger partial charge in [-0.2, -0.15) is 0 Å². The minimum atomic E-state index is 0.213. The Morgan fingerprint density at radius 1 is 1.31 bits per heavy atom. The zero-order chi connectivity index (χ0) is 12.8. The van der Waals surface area contributed by atoms with E-state index >= 15 is 0 Å². The Hall–Kier alpha value is -0.570. The van der Waals surface area contributed by atoms with Gasteiger partial charge in [-0.1, -0.05) is 27.7 Å². The van der Waals surface area contributed by atoms with E-state index in [2.05, 4.69) is 33.0 Å². The van der Waals surface area contributed by atoms with Crippen molar-refractivity contribution in [2.24, 2.45) is 11.3 Å². The van der Waals surface area contributed by atoms with Crippen LogP contribution in [-0.2, 0) is 4.79 Å². The number of carbonyl (C=O) groups excluding carboxylic acids is 1. The third kappa shape index (κ3) is 6.11. The molecule has 0 aliphatic heterocycles. The SMILES string of the molecule is CC(C)C(C)(C)CNCCCC(=O)N(C)C. The zero-order valence-electron chi connectivity index (χ0n) is 11.8. The van der Waals surface area contributed by atoms with Gasteiger partial charge in [-0.05, 0) is 24.3 Å². The second-order valence-corrected chi connectivity index (χ2v) is 5.71. The summed E-state index contributed by atoms with van der Waals surface area (Å²) in [6.45, 7) is 11.0. The number of rotatable bonds is 7. The molecule has 3 heteroatoms. The average molecular weight is 228 g/mol. The van der Waals surface area contributed by atoms with Gasteiger partial charge in [-0.15, -0.1) is 0 Å². The van der Waals surface area contributed by atoms with Crippen LogP contribution in [-0.4, -0.2) is 38.0 Å². The van der Waals surface area contributed by atoms with Gasteiger partial charge in [0, 0.05) is 27.1 Å². The molecule has 0 aromatic heterocycles. The summed E-state index contributed by atoms with van der Waals surface area (Å²) in [6.07, 6.45) is 1.56. The van der Waals surface area contributed by atoms with Gasteiger partial charge in [0.1, 0.15) is 0 Å². The summed E-state index contributed by atoms with van der Waals surface area (Å²) in [6, 6.07) is 0. The summed E-state index contributed by atoms with van der Waals surface area (Å²) < 4.78 is 0. The number of nitrogens with one attached hydrogen (secondary N) is 1. The first-order valence-corrected chi connectivity index (χ1v) is 6.18. The Labute approximate surface area is 101 Å². The van der Waals surface area contributed by atoms with E-state index in [0.29, 0.717) is 17.8 Å². The molecular weight excluding hydrogens is 200 g/mol. The fourth-order valence-corrected chi connectivity index (χ4v) is 1.20. The van der Waals surface area contributed by atoms with E-state index in [0.717, 1.165) is 19.5 Å². The second-order valence-electron chi connectivity index (χ2n) is 5.71. The molecule has 0 aromatic carbocycles. The lowest BCUT2D eigenvalue weighted by Gasteiger charge is -2.29. The molecule has 3 nitrogen and oxygen atoms in total. The minimum Gasteiger partial charge on any atom is -0.349 e. The zero-order valence-corrected chi connectivity index (χ0v) is 11.8. The van der Waals surface area contributed by atoms with E-state index in [9.17, 15) is 4.79 Å². The second kappa shape index (κ2) is 6.89. The molecular formula is C13H28N2O. The maximum Gasteiger partial charge on any atom is 0.222 e. The topological polar surface area (TPSA) is 32.3 Å². The number of hydrogen-bond acceptors (Lipinski definition) is 2. The molecule has 0 aliphatic rings.